The summed E-state index contributed by atoms with van der Waals surface area (Å²) < 4.78 is 11.1. The molecule has 2 amide bonds. The van der Waals surface area contributed by atoms with E-state index in [4.69, 9.17) is 9.15 Å². The standard InChI is InChI=1S/C21H25N3O4/c25-20(18-9-13-5-7-22-10-19(13)28-18)23-8-6-15-16-11-24(12-17(15)16)21(26)27-14-3-1-2-4-14/h5,7,9-10,14-17H,1-4,6,8,11-12H2,(H,23,25)/t15?,16-,17+. The van der Waals surface area contributed by atoms with Crippen LogP contribution in [0, 0.1) is 17.8 Å². The molecule has 2 aliphatic carbocycles. The average molecular weight is 383 g/mol. The topological polar surface area (TPSA) is 84.7 Å². The third-order valence-electron chi connectivity index (χ3n) is 6.51. The van der Waals surface area contributed by atoms with Gasteiger partial charge in [0, 0.05) is 31.2 Å². The van der Waals surface area contributed by atoms with Crippen LogP contribution >= 0.6 is 0 Å². The van der Waals surface area contributed by atoms with Crippen LogP contribution in [0.5, 0.6) is 0 Å². The largest absolute Gasteiger partial charge is 0.449 e. The Hall–Kier alpha value is -2.57. The third kappa shape index (κ3) is 3.34. The zero-order valence-electron chi connectivity index (χ0n) is 15.8. The highest BCUT2D eigenvalue weighted by Gasteiger charge is 2.56. The molecule has 7 nitrogen and oxygen atoms in total. The second kappa shape index (κ2) is 7.11. The molecule has 3 aliphatic rings. The number of carbonyl (C=O) groups is 2. The smallest absolute Gasteiger partial charge is 0.410 e. The second-order valence-corrected chi connectivity index (χ2v) is 8.26. The van der Waals surface area contributed by atoms with Crippen molar-refractivity contribution in [1.29, 1.82) is 0 Å². The van der Waals surface area contributed by atoms with E-state index >= 15 is 0 Å². The van der Waals surface area contributed by atoms with Gasteiger partial charge in [-0.2, -0.15) is 0 Å². The van der Waals surface area contributed by atoms with Crippen LogP contribution < -0.4 is 5.32 Å². The summed E-state index contributed by atoms with van der Waals surface area (Å²) in [5, 5.41) is 3.82. The molecule has 28 heavy (non-hydrogen) atoms. The lowest BCUT2D eigenvalue weighted by atomic mass is 10.2. The quantitative estimate of drug-likeness (QED) is 0.857. The first-order chi connectivity index (χ1) is 13.7. The number of pyridine rings is 1. The summed E-state index contributed by atoms with van der Waals surface area (Å²) in [6, 6.07) is 3.57. The summed E-state index contributed by atoms with van der Waals surface area (Å²) in [7, 11) is 0. The lowest BCUT2D eigenvalue weighted by Crippen LogP contribution is -2.34. The molecule has 1 unspecified atom stereocenters. The molecule has 2 saturated carbocycles. The van der Waals surface area contributed by atoms with E-state index in [1.54, 1.807) is 18.5 Å². The molecule has 3 fully saturated rings. The summed E-state index contributed by atoms with van der Waals surface area (Å²) >= 11 is 0. The van der Waals surface area contributed by atoms with Crippen LogP contribution in [0.4, 0.5) is 4.79 Å². The monoisotopic (exact) mass is 383 g/mol. The van der Waals surface area contributed by atoms with Crippen molar-refractivity contribution < 1.29 is 18.7 Å². The predicted octanol–water partition coefficient (Wildman–Crippen LogP) is 3.20. The number of fused-ring (bicyclic) bond motifs is 2. The zero-order chi connectivity index (χ0) is 19.1. The number of hydrogen-bond donors (Lipinski definition) is 1. The fourth-order valence-corrected chi connectivity index (χ4v) is 4.89. The van der Waals surface area contributed by atoms with E-state index in [1.807, 2.05) is 11.0 Å². The Bertz CT molecular complexity index is 844. The molecule has 5 rings (SSSR count). The number of rotatable bonds is 5. The number of hydrogen-bond acceptors (Lipinski definition) is 5. The molecule has 0 spiro atoms. The maximum Gasteiger partial charge on any atom is 0.410 e. The van der Waals surface area contributed by atoms with E-state index in [0.29, 0.717) is 35.6 Å². The van der Waals surface area contributed by atoms with Crippen LogP contribution in [0.2, 0.25) is 0 Å². The van der Waals surface area contributed by atoms with E-state index in [2.05, 4.69) is 10.3 Å². The van der Waals surface area contributed by atoms with Gasteiger partial charge in [0.1, 0.15) is 6.10 Å². The van der Waals surface area contributed by atoms with Crippen LogP contribution in [-0.4, -0.2) is 47.6 Å². The van der Waals surface area contributed by atoms with Crippen LogP contribution in [-0.2, 0) is 4.74 Å². The fourth-order valence-electron chi connectivity index (χ4n) is 4.89. The second-order valence-electron chi connectivity index (χ2n) is 8.26. The Labute approximate surface area is 163 Å². The van der Waals surface area contributed by atoms with Gasteiger partial charge in [-0.25, -0.2) is 4.79 Å². The SMILES string of the molecule is O=C(NCCC1[C@H]2CN(C(=O)OC3CCCC3)C[C@@H]12)c1cc2ccncc2o1. The molecule has 3 atom stereocenters. The minimum Gasteiger partial charge on any atom is -0.449 e. The van der Waals surface area contributed by atoms with E-state index in [-0.39, 0.29) is 18.1 Å². The summed E-state index contributed by atoms with van der Waals surface area (Å²) in [6.45, 7) is 2.22. The Morgan fingerprint density at radius 3 is 2.79 bits per heavy atom. The molecule has 1 aliphatic heterocycles. The van der Waals surface area contributed by atoms with E-state index in [1.165, 1.54) is 12.8 Å². The summed E-state index contributed by atoms with van der Waals surface area (Å²) in [5.41, 5.74) is 0.619. The van der Waals surface area contributed by atoms with Gasteiger partial charge in [0.05, 0.1) is 6.20 Å². The van der Waals surface area contributed by atoms with Crippen molar-refractivity contribution in [3.63, 3.8) is 0 Å². The molecule has 2 aromatic heterocycles. The van der Waals surface area contributed by atoms with Crippen molar-refractivity contribution in [2.45, 2.75) is 38.2 Å². The van der Waals surface area contributed by atoms with Gasteiger partial charge in [0.25, 0.3) is 5.91 Å². The first-order valence-electron chi connectivity index (χ1n) is 10.3. The van der Waals surface area contributed by atoms with Crippen molar-refractivity contribution in [2.75, 3.05) is 19.6 Å². The molecule has 2 aromatic rings. The number of aromatic nitrogens is 1. The highest BCUT2D eigenvalue weighted by atomic mass is 16.6. The number of furan rings is 1. The molecule has 3 heterocycles. The molecular formula is C21H25N3O4. The molecule has 7 heteroatoms. The van der Waals surface area contributed by atoms with Gasteiger partial charge in [-0.05, 0) is 62.0 Å². The van der Waals surface area contributed by atoms with Gasteiger partial charge < -0.3 is 19.4 Å². The Kier molecular flexibility index (Phi) is 4.45. The lowest BCUT2D eigenvalue weighted by molar-refractivity contribution is 0.0673. The molecule has 148 valence electrons. The van der Waals surface area contributed by atoms with E-state index in [9.17, 15) is 9.59 Å². The van der Waals surface area contributed by atoms with Crippen LogP contribution in [0.1, 0.15) is 42.7 Å². The number of ether oxygens (including phenoxy) is 1. The van der Waals surface area contributed by atoms with Gasteiger partial charge >= 0.3 is 6.09 Å². The Balaban J connectivity index is 1.05. The Morgan fingerprint density at radius 2 is 2.04 bits per heavy atom. The van der Waals surface area contributed by atoms with Gasteiger partial charge in [-0.3, -0.25) is 9.78 Å². The number of carbonyl (C=O) groups excluding carboxylic acids is 2. The highest BCUT2D eigenvalue weighted by molar-refractivity contribution is 5.95. The van der Waals surface area contributed by atoms with E-state index in [0.717, 1.165) is 37.7 Å². The minimum absolute atomic E-state index is 0.129. The van der Waals surface area contributed by atoms with Crippen LogP contribution in [0.25, 0.3) is 11.0 Å². The highest BCUT2D eigenvalue weighted by Crippen LogP contribution is 2.53. The first kappa shape index (κ1) is 17.5. The first-order valence-corrected chi connectivity index (χ1v) is 10.3. The van der Waals surface area contributed by atoms with Crippen molar-refractivity contribution in [3.8, 4) is 0 Å². The molecular weight excluding hydrogens is 358 g/mol. The summed E-state index contributed by atoms with van der Waals surface area (Å²) in [6.07, 6.45) is 8.58. The molecule has 0 radical (unpaired) electrons. The third-order valence-corrected chi connectivity index (χ3v) is 6.51. The summed E-state index contributed by atoms with van der Waals surface area (Å²) in [4.78, 5) is 30.4. The van der Waals surface area contributed by atoms with Crippen LogP contribution in [0.15, 0.2) is 28.9 Å². The molecule has 1 N–H and O–H groups in total. The lowest BCUT2D eigenvalue weighted by Gasteiger charge is -2.22. The van der Waals surface area contributed by atoms with Gasteiger partial charge in [0.2, 0.25) is 0 Å². The number of nitrogens with zero attached hydrogens (tertiary/aromatic N) is 2. The molecule has 1 saturated heterocycles. The molecule has 0 aromatic carbocycles. The maximum atomic E-state index is 12.3. The predicted molar refractivity (Wildman–Crippen MR) is 102 cm³/mol. The van der Waals surface area contributed by atoms with Gasteiger partial charge in [0.15, 0.2) is 11.3 Å². The van der Waals surface area contributed by atoms with Gasteiger partial charge in [-0.1, -0.05) is 0 Å². The molecule has 0 bridgehead atoms. The normalized spacial score (nSPS) is 26.4. The maximum absolute atomic E-state index is 12.3. The van der Waals surface area contributed by atoms with Crippen molar-refractivity contribution in [3.05, 3.63) is 30.3 Å². The zero-order valence-corrected chi connectivity index (χ0v) is 15.8. The van der Waals surface area contributed by atoms with Crippen LogP contribution in [0.3, 0.4) is 0 Å². The van der Waals surface area contributed by atoms with Gasteiger partial charge in [-0.15, -0.1) is 0 Å². The average Bonchev–Trinajstić information content (AvgIpc) is 3.22. The van der Waals surface area contributed by atoms with Crippen molar-refractivity contribution in [1.82, 2.24) is 15.2 Å². The van der Waals surface area contributed by atoms with Crippen molar-refractivity contribution in [2.24, 2.45) is 17.8 Å². The van der Waals surface area contributed by atoms with Crippen molar-refractivity contribution >= 4 is 23.0 Å². The Morgan fingerprint density at radius 1 is 1.25 bits per heavy atom. The minimum atomic E-state index is -0.191. The summed E-state index contributed by atoms with van der Waals surface area (Å²) in [5.74, 6) is 1.84. The fraction of sp³-hybridized carbons (Fsp3) is 0.571. The number of nitrogens with one attached hydrogen (secondary N) is 1. The number of likely N-dealkylation sites (tertiary alicyclic amines) is 1. The van der Waals surface area contributed by atoms with E-state index < -0.39 is 0 Å². The number of piperidine rings is 1. The number of amides is 2.